The zero-order valence-corrected chi connectivity index (χ0v) is 12.3. The topological polar surface area (TPSA) is 88.2 Å². The molecule has 0 radical (unpaired) electrons. The van der Waals surface area contributed by atoms with Gasteiger partial charge in [0, 0.05) is 0 Å². The molecule has 0 amide bonds. The predicted octanol–water partition coefficient (Wildman–Crippen LogP) is 3.21. The van der Waals surface area contributed by atoms with E-state index in [0.717, 1.165) is 28.2 Å². The second-order valence-corrected chi connectivity index (χ2v) is 5.63. The summed E-state index contributed by atoms with van der Waals surface area (Å²) in [4.78, 5) is 20.5. The average molecular weight is 303 g/mol. The number of nitrogens with zero attached hydrogens (tertiary/aromatic N) is 2. The van der Waals surface area contributed by atoms with Gasteiger partial charge in [-0.15, -0.1) is 11.3 Å². The number of aromatic carboxylic acids is 1. The molecule has 2 N–H and O–H groups in total. The van der Waals surface area contributed by atoms with E-state index in [1.165, 1.54) is 6.33 Å². The van der Waals surface area contributed by atoms with Crippen molar-refractivity contribution in [1.82, 2.24) is 9.97 Å². The van der Waals surface area contributed by atoms with Gasteiger partial charge in [0.2, 0.25) is 0 Å². The molecular weight excluding hydrogens is 290 g/mol. The van der Waals surface area contributed by atoms with Crippen molar-refractivity contribution >= 4 is 33.3 Å². The lowest BCUT2D eigenvalue weighted by Gasteiger charge is -2.05. The molecular formula is C14H13N3O3S. The highest BCUT2D eigenvalue weighted by atomic mass is 32.1. The minimum absolute atomic E-state index is 0.294. The normalized spacial score (nSPS) is 11.0. The molecule has 0 saturated carbocycles. The fourth-order valence-electron chi connectivity index (χ4n) is 2.16. The molecule has 0 atom stereocenters. The number of carboxylic acids is 1. The molecule has 0 unspecified atom stereocenters. The molecule has 3 rings (SSSR count). The van der Waals surface area contributed by atoms with E-state index < -0.39 is 5.97 Å². The summed E-state index contributed by atoms with van der Waals surface area (Å²) < 4.78 is 5.49. The lowest BCUT2D eigenvalue weighted by Crippen LogP contribution is -2.02. The zero-order chi connectivity index (χ0) is 15.0. The number of thiophene rings is 1. The van der Waals surface area contributed by atoms with Crippen LogP contribution in [0, 0.1) is 13.8 Å². The second-order valence-electron chi connectivity index (χ2n) is 4.63. The molecule has 7 heteroatoms. The first-order valence-electron chi connectivity index (χ1n) is 6.33. The zero-order valence-electron chi connectivity index (χ0n) is 11.5. The highest BCUT2D eigenvalue weighted by Crippen LogP contribution is 2.33. The fourth-order valence-corrected chi connectivity index (χ4v) is 3.15. The van der Waals surface area contributed by atoms with Crippen LogP contribution in [0.25, 0.3) is 10.2 Å². The summed E-state index contributed by atoms with van der Waals surface area (Å²) >= 11 is 1.16. The third-order valence-electron chi connectivity index (χ3n) is 3.15. The molecule has 108 valence electrons. The standard InChI is InChI=1S/C14H13N3O3S/c1-7-3-4-9(20-7)5-15-12-10-8(2)11(14(18)19)21-13(10)17-6-16-12/h3-4,6H,5H2,1-2H3,(H,18,19)(H,15,16,17). The van der Waals surface area contributed by atoms with Gasteiger partial charge >= 0.3 is 5.97 Å². The smallest absolute Gasteiger partial charge is 0.346 e. The Balaban J connectivity index is 1.96. The number of aryl methyl sites for hydroxylation is 2. The summed E-state index contributed by atoms with van der Waals surface area (Å²) in [6, 6.07) is 3.79. The van der Waals surface area contributed by atoms with Crippen LogP contribution >= 0.6 is 11.3 Å². The number of hydrogen-bond donors (Lipinski definition) is 2. The number of carbonyl (C=O) groups is 1. The largest absolute Gasteiger partial charge is 0.477 e. The Morgan fingerprint density at radius 2 is 2.19 bits per heavy atom. The quantitative estimate of drug-likeness (QED) is 0.769. The number of fused-ring (bicyclic) bond motifs is 1. The SMILES string of the molecule is Cc1ccc(CNc2ncnc3sc(C(=O)O)c(C)c23)o1. The van der Waals surface area contributed by atoms with E-state index in [2.05, 4.69) is 15.3 Å². The molecule has 0 fully saturated rings. The number of rotatable bonds is 4. The van der Waals surface area contributed by atoms with Crippen LogP contribution in [-0.2, 0) is 6.54 Å². The second kappa shape index (κ2) is 5.17. The van der Waals surface area contributed by atoms with Gasteiger partial charge in [-0.25, -0.2) is 14.8 Å². The molecule has 0 bridgehead atoms. The van der Waals surface area contributed by atoms with E-state index in [1.54, 1.807) is 6.92 Å². The minimum Gasteiger partial charge on any atom is -0.477 e. The van der Waals surface area contributed by atoms with Crippen LogP contribution in [0.4, 0.5) is 5.82 Å². The first kappa shape index (κ1) is 13.6. The van der Waals surface area contributed by atoms with Crippen molar-refractivity contribution in [1.29, 1.82) is 0 Å². The Labute approximate surface area is 124 Å². The van der Waals surface area contributed by atoms with Gasteiger partial charge in [0.05, 0.1) is 11.9 Å². The molecule has 0 aliphatic rings. The molecule has 6 nitrogen and oxygen atoms in total. The van der Waals surface area contributed by atoms with E-state index in [-0.39, 0.29) is 0 Å². The van der Waals surface area contributed by atoms with Crippen LogP contribution in [0.15, 0.2) is 22.9 Å². The van der Waals surface area contributed by atoms with Gasteiger partial charge < -0.3 is 14.8 Å². The lowest BCUT2D eigenvalue weighted by atomic mass is 10.2. The van der Waals surface area contributed by atoms with E-state index in [0.29, 0.717) is 27.6 Å². The highest BCUT2D eigenvalue weighted by Gasteiger charge is 2.18. The van der Waals surface area contributed by atoms with Crippen molar-refractivity contribution in [2.75, 3.05) is 5.32 Å². The number of aromatic nitrogens is 2. The first-order chi connectivity index (χ1) is 10.1. The van der Waals surface area contributed by atoms with Crippen LogP contribution in [-0.4, -0.2) is 21.0 Å². The fraction of sp³-hybridized carbons (Fsp3) is 0.214. The van der Waals surface area contributed by atoms with Crippen molar-refractivity contribution in [2.45, 2.75) is 20.4 Å². The summed E-state index contributed by atoms with van der Waals surface area (Å²) in [6.07, 6.45) is 1.43. The first-order valence-corrected chi connectivity index (χ1v) is 7.14. The summed E-state index contributed by atoms with van der Waals surface area (Å²) in [5.41, 5.74) is 0.682. The third-order valence-corrected chi connectivity index (χ3v) is 4.33. The minimum atomic E-state index is -0.942. The van der Waals surface area contributed by atoms with Gasteiger partial charge in [-0.05, 0) is 31.5 Å². The number of hydrogen-bond acceptors (Lipinski definition) is 6. The monoisotopic (exact) mass is 303 g/mol. The molecule has 21 heavy (non-hydrogen) atoms. The summed E-state index contributed by atoms with van der Waals surface area (Å²) in [6.45, 7) is 4.14. The lowest BCUT2D eigenvalue weighted by molar-refractivity contribution is 0.0701. The van der Waals surface area contributed by atoms with Gasteiger partial charge in [0.25, 0.3) is 0 Å². The van der Waals surface area contributed by atoms with Gasteiger partial charge in [-0.3, -0.25) is 0 Å². The van der Waals surface area contributed by atoms with Crippen molar-refractivity contribution in [2.24, 2.45) is 0 Å². The molecule has 0 aliphatic heterocycles. The number of carboxylic acid groups (broad SMARTS) is 1. The Morgan fingerprint density at radius 3 is 2.86 bits per heavy atom. The Hall–Kier alpha value is -2.41. The predicted molar refractivity (Wildman–Crippen MR) is 79.9 cm³/mol. The van der Waals surface area contributed by atoms with Gasteiger partial charge in [0.15, 0.2) is 0 Å². The van der Waals surface area contributed by atoms with Crippen LogP contribution < -0.4 is 5.32 Å². The third kappa shape index (κ3) is 2.47. The van der Waals surface area contributed by atoms with Crippen LogP contribution in [0.3, 0.4) is 0 Å². The molecule has 0 saturated heterocycles. The molecule has 0 spiro atoms. The molecule has 0 aromatic carbocycles. The summed E-state index contributed by atoms with van der Waals surface area (Å²) in [5.74, 6) is 1.32. The molecule has 0 aliphatic carbocycles. The molecule has 3 heterocycles. The van der Waals surface area contributed by atoms with Gasteiger partial charge in [-0.2, -0.15) is 0 Å². The molecule has 3 aromatic rings. The summed E-state index contributed by atoms with van der Waals surface area (Å²) in [5, 5.41) is 13.1. The van der Waals surface area contributed by atoms with E-state index in [9.17, 15) is 9.90 Å². The Bertz CT molecular complexity index is 822. The average Bonchev–Trinajstić information content (AvgIpc) is 3.01. The van der Waals surface area contributed by atoms with Crippen molar-refractivity contribution < 1.29 is 14.3 Å². The van der Waals surface area contributed by atoms with E-state index in [4.69, 9.17) is 4.42 Å². The maximum Gasteiger partial charge on any atom is 0.346 e. The van der Waals surface area contributed by atoms with Crippen LogP contribution in [0.2, 0.25) is 0 Å². The van der Waals surface area contributed by atoms with Crippen molar-refractivity contribution in [3.05, 3.63) is 40.4 Å². The number of nitrogens with one attached hydrogen (secondary N) is 1. The van der Waals surface area contributed by atoms with Crippen molar-refractivity contribution in [3.63, 3.8) is 0 Å². The summed E-state index contributed by atoms with van der Waals surface area (Å²) in [7, 11) is 0. The van der Waals surface area contributed by atoms with Gasteiger partial charge in [0.1, 0.15) is 33.4 Å². The maximum atomic E-state index is 11.2. The number of furan rings is 1. The Morgan fingerprint density at radius 1 is 1.38 bits per heavy atom. The van der Waals surface area contributed by atoms with E-state index in [1.807, 2.05) is 19.1 Å². The highest BCUT2D eigenvalue weighted by molar-refractivity contribution is 7.20. The molecule has 3 aromatic heterocycles. The maximum absolute atomic E-state index is 11.2. The van der Waals surface area contributed by atoms with Crippen molar-refractivity contribution in [3.8, 4) is 0 Å². The van der Waals surface area contributed by atoms with Gasteiger partial charge in [-0.1, -0.05) is 0 Å². The van der Waals surface area contributed by atoms with E-state index >= 15 is 0 Å². The van der Waals surface area contributed by atoms with Crippen LogP contribution in [0.1, 0.15) is 26.8 Å². The Kier molecular flexibility index (Phi) is 3.34. The number of anilines is 1. The van der Waals surface area contributed by atoms with Crippen LogP contribution in [0.5, 0.6) is 0 Å².